The molecule has 27 heavy (non-hydrogen) atoms. The van der Waals surface area contributed by atoms with Crippen molar-refractivity contribution in [1.82, 2.24) is 15.3 Å². The molecule has 2 aromatic heterocycles. The topological polar surface area (TPSA) is 64.1 Å². The highest BCUT2D eigenvalue weighted by atomic mass is 32.1. The van der Waals surface area contributed by atoms with Crippen molar-refractivity contribution in [2.75, 3.05) is 6.54 Å². The molecular weight excluding hydrogens is 358 g/mol. The number of ether oxygens (including phenoxy) is 1. The Labute approximate surface area is 163 Å². The maximum atomic E-state index is 12.3. The van der Waals surface area contributed by atoms with E-state index in [1.165, 1.54) is 0 Å². The molecular formula is C21H23N3O2S. The van der Waals surface area contributed by atoms with Crippen LogP contribution < -0.4 is 10.1 Å². The third kappa shape index (κ3) is 6.18. The predicted octanol–water partition coefficient (Wildman–Crippen LogP) is 4.18. The molecule has 0 fully saturated rings. The molecule has 0 atom stereocenters. The molecule has 0 saturated heterocycles. The van der Waals surface area contributed by atoms with E-state index < -0.39 is 0 Å². The van der Waals surface area contributed by atoms with E-state index in [1.54, 1.807) is 29.7 Å². The monoisotopic (exact) mass is 381 g/mol. The number of benzene rings is 1. The third-order valence-electron chi connectivity index (χ3n) is 4.00. The summed E-state index contributed by atoms with van der Waals surface area (Å²) < 4.78 is 5.68. The number of nitrogens with zero attached hydrogens (tertiary/aromatic N) is 2. The summed E-state index contributed by atoms with van der Waals surface area (Å²) in [5.41, 5.74) is 2.69. The smallest absolute Gasteiger partial charge is 0.251 e. The van der Waals surface area contributed by atoms with E-state index >= 15 is 0 Å². The van der Waals surface area contributed by atoms with Crippen molar-refractivity contribution in [1.29, 1.82) is 0 Å². The summed E-state index contributed by atoms with van der Waals surface area (Å²) in [6.07, 6.45) is 4.49. The van der Waals surface area contributed by atoms with Crippen LogP contribution in [-0.2, 0) is 13.0 Å². The number of amides is 1. The van der Waals surface area contributed by atoms with Crippen LogP contribution in [-0.4, -0.2) is 22.4 Å². The predicted molar refractivity (Wildman–Crippen MR) is 107 cm³/mol. The standard InChI is InChI=1S/C21H23N3O2S/c1-16-15-27-20(24-16)9-5-6-11-23-21(25)18-10-12-22-19(13-18)26-14-17-7-3-2-4-8-17/h2-4,7-8,10,12-13,15H,5-6,9,11,14H2,1H3,(H,23,25). The van der Waals surface area contributed by atoms with Crippen molar-refractivity contribution in [3.8, 4) is 5.88 Å². The highest BCUT2D eigenvalue weighted by Gasteiger charge is 2.07. The van der Waals surface area contributed by atoms with Gasteiger partial charge in [0.05, 0.1) is 5.01 Å². The van der Waals surface area contributed by atoms with Gasteiger partial charge in [0, 0.05) is 35.4 Å². The number of rotatable bonds is 9. The summed E-state index contributed by atoms with van der Waals surface area (Å²) in [6.45, 7) is 3.08. The number of pyridine rings is 1. The summed E-state index contributed by atoms with van der Waals surface area (Å²) in [6, 6.07) is 13.2. The van der Waals surface area contributed by atoms with E-state index in [0.717, 1.165) is 35.5 Å². The maximum Gasteiger partial charge on any atom is 0.251 e. The first-order valence-electron chi connectivity index (χ1n) is 9.03. The molecule has 0 spiro atoms. The van der Waals surface area contributed by atoms with Gasteiger partial charge in [-0.1, -0.05) is 30.3 Å². The van der Waals surface area contributed by atoms with E-state index in [9.17, 15) is 4.79 Å². The molecule has 0 aliphatic carbocycles. The highest BCUT2D eigenvalue weighted by molar-refractivity contribution is 7.09. The van der Waals surface area contributed by atoms with Crippen LogP contribution in [0.25, 0.3) is 0 Å². The fraction of sp³-hybridized carbons (Fsp3) is 0.286. The summed E-state index contributed by atoms with van der Waals surface area (Å²) in [4.78, 5) is 20.9. The molecule has 0 bridgehead atoms. The Morgan fingerprint density at radius 3 is 2.81 bits per heavy atom. The van der Waals surface area contributed by atoms with Crippen molar-refractivity contribution < 1.29 is 9.53 Å². The van der Waals surface area contributed by atoms with Crippen molar-refractivity contribution in [3.05, 3.63) is 75.9 Å². The zero-order valence-corrected chi connectivity index (χ0v) is 16.2. The minimum atomic E-state index is -0.105. The lowest BCUT2D eigenvalue weighted by molar-refractivity contribution is 0.0952. The molecule has 0 aliphatic heterocycles. The first-order chi connectivity index (χ1) is 13.2. The number of unbranched alkanes of at least 4 members (excludes halogenated alkanes) is 1. The maximum absolute atomic E-state index is 12.3. The van der Waals surface area contributed by atoms with E-state index in [1.807, 2.05) is 37.3 Å². The Kier molecular flexibility index (Phi) is 6.93. The highest BCUT2D eigenvalue weighted by Crippen LogP contribution is 2.13. The quantitative estimate of drug-likeness (QED) is 0.565. The van der Waals surface area contributed by atoms with E-state index in [0.29, 0.717) is 24.6 Å². The Bertz CT molecular complexity index is 865. The lowest BCUT2D eigenvalue weighted by Gasteiger charge is -2.08. The van der Waals surface area contributed by atoms with E-state index in [-0.39, 0.29) is 5.91 Å². The van der Waals surface area contributed by atoms with Gasteiger partial charge in [-0.3, -0.25) is 4.79 Å². The number of hydrogen-bond acceptors (Lipinski definition) is 5. The van der Waals surface area contributed by atoms with Gasteiger partial charge < -0.3 is 10.1 Å². The van der Waals surface area contributed by atoms with Crippen LogP contribution in [0.4, 0.5) is 0 Å². The molecule has 140 valence electrons. The number of nitrogens with one attached hydrogen (secondary N) is 1. The summed E-state index contributed by atoms with van der Waals surface area (Å²) in [5, 5.41) is 6.18. The molecule has 3 rings (SSSR count). The van der Waals surface area contributed by atoms with Gasteiger partial charge >= 0.3 is 0 Å². The van der Waals surface area contributed by atoms with Gasteiger partial charge in [0.1, 0.15) is 6.61 Å². The van der Waals surface area contributed by atoms with Crippen LogP contribution in [0.1, 0.15) is 39.5 Å². The molecule has 2 heterocycles. The van der Waals surface area contributed by atoms with Crippen LogP contribution in [0.3, 0.4) is 0 Å². The second-order valence-electron chi connectivity index (χ2n) is 6.25. The van der Waals surface area contributed by atoms with Gasteiger partial charge in [-0.25, -0.2) is 9.97 Å². The average molecular weight is 382 g/mol. The van der Waals surface area contributed by atoms with E-state index in [2.05, 4.69) is 20.7 Å². The number of thiazole rings is 1. The summed E-state index contributed by atoms with van der Waals surface area (Å²) in [5.74, 6) is 0.345. The zero-order valence-electron chi connectivity index (χ0n) is 15.4. The molecule has 0 aliphatic rings. The molecule has 6 heteroatoms. The lowest BCUT2D eigenvalue weighted by atomic mass is 10.2. The minimum Gasteiger partial charge on any atom is -0.473 e. The van der Waals surface area contributed by atoms with Crippen molar-refractivity contribution >= 4 is 17.2 Å². The van der Waals surface area contributed by atoms with Crippen LogP contribution in [0.15, 0.2) is 54.0 Å². The molecule has 1 N–H and O–H groups in total. The van der Waals surface area contributed by atoms with Crippen molar-refractivity contribution in [2.24, 2.45) is 0 Å². The average Bonchev–Trinajstić information content (AvgIpc) is 3.12. The third-order valence-corrected chi connectivity index (χ3v) is 5.02. The van der Waals surface area contributed by atoms with Crippen molar-refractivity contribution in [2.45, 2.75) is 32.8 Å². The Balaban J connectivity index is 1.41. The van der Waals surface area contributed by atoms with Crippen LogP contribution in [0.2, 0.25) is 0 Å². The molecule has 0 unspecified atom stereocenters. The number of carbonyl (C=O) groups excluding carboxylic acids is 1. The van der Waals surface area contributed by atoms with Crippen LogP contribution in [0.5, 0.6) is 5.88 Å². The Morgan fingerprint density at radius 1 is 1.19 bits per heavy atom. The number of hydrogen-bond donors (Lipinski definition) is 1. The molecule has 0 saturated carbocycles. The molecule has 3 aromatic rings. The summed E-state index contributed by atoms with van der Waals surface area (Å²) in [7, 11) is 0. The first-order valence-corrected chi connectivity index (χ1v) is 9.90. The fourth-order valence-electron chi connectivity index (χ4n) is 2.58. The SMILES string of the molecule is Cc1csc(CCCCNC(=O)c2ccnc(OCc3ccccc3)c2)n1. The Morgan fingerprint density at radius 2 is 2.04 bits per heavy atom. The molecule has 1 amide bonds. The second-order valence-corrected chi connectivity index (χ2v) is 7.20. The Hall–Kier alpha value is -2.73. The summed E-state index contributed by atoms with van der Waals surface area (Å²) >= 11 is 1.70. The van der Waals surface area contributed by atoms with Gasteiger partial charge in [-0.2, -0.15) is 0 Å². The number of carbonyl (C=O) groups is 1. The van der Waals surface area contributed by atoms with Crippen molar-refractivity contribution in [3.63, 3.8) is 0 Å². The van der Waals surface area contributed by atoms with E-state index in [4.69, 9.17) is 4.74 Å². The number of aromatic nitrogens is 2. The molecule has 0 radical (unpaired) electrons. The van der Waals surface area contributed by atoms with Crippen LogP contribution >= 0.6 is 11.3 Å². The normalized spacial score (nSPS) is 10.6. The fourth-order valence-corrected chi connectivity index (χ4v) is 3.40. The minimum absolute atomic E-state index is 0.105. The second kappa shape index (κ2) is 9.83. The molecule has 5 nitrogen and oxygen atoms in total. The lowest BCUT2D eigenvalue weighted by Crippen LogP contribution is -2.24. The van der Waals surface area contributed by atoms with Gasteiger partial charge in [0.25, 0.3) is 5.91 Å². The first kappa shape index (κ1) is 19.0. The van der Waals surface area contributed by atoms with Gasteiger partial charge in [0.2, 0.25) is 5.88 Å². The van der Waals surface area contributed by atoms with Gasteiger partial charge in [-0.05, 0) is 37.8 Å². The van der Waals surface area contributed by atoms with Gasteiger partial charge in [-0.15, -0.1) is 11.3 Å². The van der Waals surface area contributed by atoms with Gasteiger partial charge in [0.15, 0.2) is 0 Å². The molecule has 1 aromatic carbocycles. The number of aryl methyl sites for hydroxylation is 2. The largest absolute Gasteiger partial charge is 0.473 e. The zero-order chi connectivity index (χ0) is 18.9. The van der Waals surface area contributed by atoms with Crippen LogP contribution in [0, 0.1) is 6.92 Å².